The molecule has 0 aromatic carbocycles. The van der Waals surface area contributed by atoms with Crippen molar-refractivity contribution in [2.45, 2.75) is 30.5 Å². The lowest BCUT2D eigenvalue weighted by atomic mass is 10.2. The molecule has 1 aromatic rings. The van der Waals surface area contributed by atoms with Gasteiger partial charge in [0.25, 0.3) is 0 Å². The van der Waals surface area contributed by atoms with Gasteiger partial charge < -0.3 is 9.30 Å². The first-order valence-electron chi connectivity index (χ1n) is 4.94. The number of nitrogens with zero attached hydrogens (tertiary/aromatic N) is 2. The van der Waals surface area contributed by atoms with E-state index in [2.05, 4.69) is 9.55 Å². The zero-order chi connectivity index (χ0) is 9.54. The van der Waals surface area contributed by atoms with Gasteiger partial charge in [-0.3, -0.25) is 5.14 Å². The van der Waals surface area contributed by atoms with Crippen LogP contribution in [0.25, 0.3) is 0 Å². The van der Waals surface area contributed by atoms with Crippen LogP contribution in [0, 0.1) is 5.92 Å². The summed E-state index contributed by atoms with van der Waals surface area (Å²) in [6, 6.07) is 0. The smallest absolute Gasteiger partial charge is 0.139 e. The Hall–Kier alpha value is -0.520. The first kappa shape index (κ1) is 8.76. The number of imidazole rings is 1. The monoisotopic (exact) mass is 211 g/mol. The quantitative estimate of drug-likeness (QED) is 0.750. The lowest BCUT2D eigenvalue weighted by Gasteiger charge is -2.23. The van der Waals surface area contributed by atoms with Crippen molar-refractivity contribution in [2.75, 3.05) is 6.61 Å². The summed E-state index contributed by atoms with van der Waals surface area (Å²) < 4.78 is 7.93. The minimum absolute atomic E-state index is 0.227. The Morgan fingerprint density at radius 1 is 1.57 bits per heavy atom. The van der Waals surface area contributed by atoms with E-state index >= 15 is 0 Å². The van der Waals surface area contributed by atoms with Crippen LogP contribution in [0.5, 0.6) is 0 Å². The van der Waals surface area contributed by atoms with E-state index in [0.29, 0.717) is 5.92 Å². The minimum atomic E-state index is 0.227. The fraction of sp³-hybridized carbons (Fsp3) is 0.667. The zero-order valence-corrected chi connectivity index (χ0v) is 8.67. The Labute approximate surface area is 87.0 Å². The van der Waals surface area contributed by atoms with Crippen LogP contribution >= 0.6 is 11.9 Å². The standard InChI is InChI=1S/C9H13N3OS/c10-14-7-5-12-3-4-13-8(6-1-2-6)9(12)11-7/h5-6,8H,1-4,10H2. The van der Waals surface area contributed by atoms with E-state index in [1.165, 1.54) is 24.8 Å². The lowest BCUT2D eigenvalue weighted by molar-refractivity contribution is 0.00283. The van der Waals surface area contributed by atoms with E-state index in [1.54, 1.807) is 0 Å². The molecule has 2 heterocycles. The number of nitrogens with two attached hydrogens (primary N) is 1. The average Bonchev–Trinajstić information content (AvgIpc) is 2.96. The van der Waals surface area contributed by atoms with Gasteiger partial charge in [-0.05, 0) is 30.7 Å². The number of fused-ring (bicyclic) bond motifs is 1. The fourth-order valence-corrected chi connectivity index (χ4v) is 2.30. The highest BCUT2D eigenvalue weighted by Gasteiger charge is 2.37. The van der Waals surface area contributed by atoms with Crippen molar-refractivity contribution in [1.29, 1.82) is 0 Å². The summed E-state index contributed by atoms with van der Waals surface area (Å²) in [6.45, 7) is 1.71. The molecule has 1 fully saturated rings. The summed E-state index contributed by atoms with van der Waals surface area (Å²) in [7, 11) is 0. The molecule has 76 valence electrons. The third kappa shape index (κ3) is 1.36. The maximum Gasteiger partial charge on any atom is 0.139 e. The third-order valence-electron chi connectivity index (χ3n) is 2.84. The highest BCUT2D eigenvalue weighted by molar-refractivity contribution is 7.97. The SMILES string of the molecule is NSc1cn2c(n1)C(C1CC1)OCC2. The first-order valence-corrected chi connectivity index (χ1v) is 5.82. The van der Waals surface area contributed by atoms with E-state index in [-0.39, 0.29) is 6.10 Å². The number of rotatable bonds is 2. The zero-order valence-electron chi connectivity index (χ0n) is 7.85. The van der Waals surface area contributed by atoms with Gasteiger partial charge in [0.15, 0.2) is 0 Å². The second-order valence-corrected chi connectivity index (χ2v) is 4.53. The summed E-state index contributed by atoms with van der Waals surface area (Å²) in [6.07, 6.45) is 4.81. The second kappa shape index (κ2) is 3.25. The van der Waals surface area contributed by atoms with Gasteiger partial charge in [0.1, 0.15) is 17.0 Å². The molecule has 5 heteroatoms. The van der Waals surface area contributed by atoms with Crippen molar-refractivity contribution in [2.24, 2.45) is 11.1 Å². The Morgan fingerprint density at radius 2 is 2.43 bits per heavy atom. The molecule has 0 spiro atoms. The topological polar surface area (TPSA) is 53.1 Å². The van der Waals surface area contributed by atoms with Crippen LogP contribution in [0.15, 0.2) is 11.2 Å². The van der Waals surface area contributed by atoms with Crippen molar-refractivity contribution in [3.8, 4) is 0 Å². The molecule has 2 N–H and O–H groups in total. The molecule has 1 aliphatic heterocycles. The Bertz CT molecular complexity index is 348. The van der Waals surface area contributed by atoms with Crippen molar-refractivity contribution in [1.82, 2.24) is 9.55 Å². The van der Waals surface area contributed by atoms with E-state index in [1.807, 2.05) is 6.20 Å². The second-order valence-electron chi connectivity index (χ2n) is 3.88. The number of hydrogen-bond donors (Lipinski definition) is 1. The van der Waals surface area contributed by atoms with Gasteiger partial charge >= 0.3 is 0 Å². The van der Waals surface area contributed by atoms with Gasteiger partial charge in [0, 0.05) is 12.7 Å². The minimum Gasteiger partial charge on any atom is -0.368 e. The van der Waals surface area contributed by atoms with Crippen molar-refractivity contribution in [3.63, 3.8) is 0 Å². The Kier molecular flexibility index (Phi) is 2.04. The van der Waals surface area contributed by atoms with Crippen LogP contribution in [0.3, 0.4) is 0 Å². The summed E-state index contributed by atoms with van der Waals surface area (Å²) in [5.74, 6) is 1.78. The molecule has 1 saturated carbocycles. The summed E-state index contributed by atoms with van der Waals surface area (Å²) >= 11 is 1.21. The van der Waals surface area contributed by atoms with E-state index in [4.69, 9.17) is 9.88 Å². The summed E-state index contributed by atoms with van der Waals surface area (Å²) in [5.41, 5.74) is 0. The molecule has 1 aliphatic carbocycles. The van der Waals surface area contributed by atoms with Crippen LogP contribution < -0.4 is 5.14 Å². The predicted molar refractivity (Wildman–Crippen MR) is 53.7 cm³/mol. The summed E-state index contributed by atoms with van der Waals surface area (Å²) in [4.78, 5) is 4.49. The molecular formula is C9H13N3OS. The van der Waals surface area contributed by atoms with Gasteiger partial charge in [-0.1, -0.05) is 0 Å². The van der Waals surface area contributed by atoms with Crippen molar-refractivity contribution >= 4 is 11.9 Å². The maximum absolute atomic E-state index is 5.75. The highest BCUT2D eigenvalue weighted by Crippen LogP contribution is 2.44. The molecule has 1 aromatic heterocycles. The molecule has 4 nitrogen and oxygen atoms in total. The fourth-order valence-electron chi connectivity index (χ4n) is 1.97. The molecule has 1 unspecified atom stereocenters. The average molecular weight is 211 g/mol. The third-order valence-corrected chi connectivity index (χ3v) is 3.28. The van der Waals surface area contributed by atoms with Gasteiger partial charge in [-0.2, -0.15) is 0 Å². The van der Waals surface area contributed by atoms with Crippen LogP contribution in [-0.4, -0.2) is 16.2 Å². The molecule has 14 heavy (non-hydrogen) atoms. The van der Waals surface area contributed by atoms with Crippen molar-refractivity contribution < 1.29 is 4.74 Å². The molecular weight excluding hydrogens is 198 g/mol. The molecule has 0 saturated heterocycles. The highest BCUT2D eigenvalue weighted by atomic mass is 32.2. The molecule has 0 radical (unpaired) electrons. The van der Waals surface area contributed by atoms with Gasteiger partial charge in [0.2, 0.25) is 0 Å². The predicted octanol–water partition coefficient (Wildman–Crippen LogP) is 1.33. The normalized spacial score (nSPS) is 26.2. The van der Waals surface area contributed by atoms with Gasteiger partial charge in [0.05, 0.1) is 6.61 Å². The summed E-state index contributed by atoms with van der Waals surface area (Å²) in [5, 5.41) is 6.40. The Morgan fingerprint density at radius 3 is 3.14 bits per heavy atom. The number of hydrogen-bond acceptors (Lipinski definition) is 4. The van der Waals surface area contributed by atoms with E-state index in [9.17, 15) is 0 Å². The molecule has 2 aliphatic rings. The van der Waals surface area contributed by atoms with Crippen LogP contribution in [0.1, 0.15) is 24.8 Å². The maximum atomic E-state index is 5.75. The van der Waals surface area contributed by atoms with E-state index in [0.717, 1.165) is 24.0 Å². The van der Waals surface area contributed by atoms with Crippen LogP contribution in [0.2, 0.25) is 0 Å². The molecule has 0 amide bonds. The number of aromatic nitrogens is 2. The molecule has 1 atom stereocenters. The Balaban J connectivity index is 1.95. The number of ether oxygens (including phenoxy) is 1. The molecule has 3 rings (SSSR count). The molecule has 0 bridgehead atoms. The largest absolute Gasteiger partial charge is 0.368 e. The van der Waals surface area contributed by atoms with E-state index < -0.39 is 0 Å². The lowest BCUT2D eigenvalue weighted by Crippen LogP contribution is -2.22. The van der Waals surface area contributed by atoms with Gasteiger partial charge in [-0.25, -0.2) is 4.98 Å². The van der Waals surface area contributed by atoms with Crippen LogP contribution in [0.4, 0.5) is 0 Å². The van der Waals surface area contributed by atoms with Crippen molar-refractivity contribution in [3.05, 3.63) is 12.0 Å². The van der Waals surface area contributed by atoms with Gasteiger partial charge in [-0.15, -0.1) is 0 Å². The van der Waals surface area contributed by atoms with Crippen LogP contribution in [-0.2, 0) is 11.3 Å². The first-order chi connectivity index (χ1) is 6.88.